The van der Waals surface area contributed by atoms with E-state index in [2.05, 4.69) is 21.4 Å². The van der Waals surface area contributed by atoms with Gasteiger partial charge in [-0.2, -0.15) is 0 Å². The van der Waals surface area contributed by atoms with Gasteiger partial charge in [0.05, 0.1) is 13.2 Å². The second kappa shape index (κ2) is 6.83. The van der Waals surface area contributed by atoms with Crippen molar-refractivity contribution in [1.29, 1.82) is 0 Å². The fourth-order valence-corrected chi connectivity index (χ4v) is 2.37. The number of hydrazine groups is 1. The highest BCUT2D eigenvalue weighted by Gasteiger charge is 2.14. The molecule has 0 saturated carbocycles. The Morgan fingerprint density at radius 1 is 1.30 bits per heavy atom. The fourth-order valence-electron chi connectivity index (χ4n) is 2.04. The minimum Gasteiger partial charge on any atom is -0.497 e. The summed E-state index contributed by atoms with van der Waals surface area (Å²) in [5, 5.41) is 0. The first-order valence-corrected chi connectivity index (χ1v) is 6.97. The van der Waals surface area contributed by atoms with Gasteiger partial charge in [0.1, 0.15) is 11.6 Å². The molecule has 20 heavy (non-hydrogen) atoms. The Morgan fingerprint density at radius 3 is 2.75 bits per heavy atom. The summed E-state index contributed by atoms with van der Waals surface area (Å²) in [5.74, 6) is 6.10. The Hall–Kier alpha value is -1.43. The van der Waals surface area contributed by atoms with Crippen molar-refractivity contribution in [2.75, 3.05) is 7.11 Å². The molecule has 3 N–H and O–H groups in total. The van der Waals surface area contributed by atoms with E-state index in [1.54, 1.807) is 13.2 Å². The molecule has 0 aromatic heterocycles. The minimum atomic E-state index is -0.248. The SMILES string of the molecule is COc1cccc(C(Cc2ccc(Br)cc2F)NN)c1. The van der Waals surface area contributed by atoms with E-state index < -0.39 is 0 Å². The maximum atomic E-state index is 13.9. The number of halogens is 2. The van der Waals surface area contributed by atoms with Crippen LogP contribution in [0.25, 0.3) is 0 Å². The van der Waals surface area contributed by atoms with E-state index in [-0.39, 0.29) is 11.9 Å². The number of rotatable bonds is 5. The largest absolute Gasteiger partial charge is 0.497 e. The molecule has 1 unspecified atom stereocenters. The number of nitrogens with one attached hydrogen (secondary N) is 1. The van der Waals surface area contributed by atoms with Crippen molar-refractivity contribution in [1.82, 2.24) is 5.43 Å². The third-order valence-electron chi connectivity index (χ3n) is 3.14. The first kappa shape index (κ1) is 15.0. The predicted molar refractivity (Wildman–Crippen MR) is 80.9 cm³/mol. The van der Waals surface area contributed by atoms with Crippen molar-refractivity contribution in [2.45, 2.75) is 12.5 Å². The predicted octanol–water partition coefficient (Wildman–Crippen LogP) is 3.34. The summed E-state index contributed by atoms with van der Waals surface area (Å²) in [6, 6.07) is 12.4. The number of ether oxygens (including phenoxy) is 1. The lowest BCUT2D eigenvalue weighted by molar-refractivity contribution is 0.413. The molecular formula is C15H16BrFN2O. The maximum absolute atomic E-state index is 13.9. The summed E-state index contributed by atoms with van der Waals surface area (Å²) in [6.45, 7) is 0. The average molecular weight is 339 g/mol. The third-order valence-corrected chi connectivity index (χ3v) is 3.63. The quantitative estimate of drug-likeness (QED) is 0.649. The molecule has 0 heterocycles. The second-order valence-corrected chi connectivity index (χ2v) is 5.35. The van der Waals surface area contributed by atoms with Crippen molar-refractivity contribution < 1.29 is 9.13 Å². The van der Waals surface area contributed by atoms with Gasteiger partial charge in [-0.3, -0.25) is 11.3 Å². The zero-order valence-electron chi connectivity index (χ0n) is 11.1. The van der Waals surface area contributed by atoms with Crippen LogP contribution in [-0.2, 0) is 6.42 Å². The van der Waals surface area contributed by atoms with Crippen LogP contribution in [-0.4, -0.2) is 7.11 Å². The highest BCUT2D eigenvalue weighted by molar-refractivity contribution is 9.10. The molecule has 0 amide bonds. The molecule has 2 aromatic carbocycles. The fraction of sp³-hybridized carbons (Fsp3) is 0.200. The van der Waals surface area contributed by atoms with Gasteiger partial charge in [-0.15, -0.1) is 0 Å². The van der Waals surface area contributed by atoms with Crippen LogP contribution in [0.15, 0.2) is 46.9 Å². The Balaban J connectivity index is 2.23. The number of benzene rings is 2. The molecule has 0 aliphatic carbocycles. The van der Waals surface area contributed by atoms with Crippen molar-refractivity contribution >= 4 is 15.9 Å². The summed E-state index contributed by atoms with van der Waals surface area (Å²) in [7, 11) is 1.61. The zero-order chi connectivity index (χ0) is 14.5. The normalized spacial score (nSPS) is 12.2. The first-order chi connectivity index (χ1) is 9.63. The monoisotopic (exact) mass is 338 g/mol. The first-order valence-electron chi connectivity index (χ1n) is 6.18. The molecule has 0 saturated heterocycles. The zero-order valence-corrected chi connectivity index (χ0v) is 12.7. The van der Waals surface area contributed by atoms with E-state index in [4.69, 9.17) is 10.6 Å². The molecule has 1 atom stereocenters. The molecule has 0 bridgehead atoms. The van der Waals surface area contributed by atoms with Crippen molar-refractivity contribution in [3.8, 4) is 5.75 Å². The van der Waals surface area contributed by atoms with Gasteiger partial charge in [0.2, 0.25) is 0 Å². The van der Waals surface area contributed by atoms with Crippen molar-refractivity contribution in [3.63, 3.8) is 0 Å². The van der Waals surface area contributed by atoms with Crippen LogP contribution in [0.4, 0.5) is 4.39 Å². The van der Waals surface area contributed by atoms with Crippen LogP contribution in [0.3, 0.4) is 0 Å². The number of hydrogen-bond donors (Lipinski definition) is 2. The summed E-state index contributed by atoms with van der Waals surface area (Å²) < 4.78 is 19.8. The number of methoxy groups -OCH3 is 1. The Bertz CT molecular complexity index is 592. The molecule has 0 spiro atoms. The lowest BCUT2D eigenvalue weighted by atomic mass is 9.99. The molecule has 5 heteroatoms. The van der Waals surface area contributed by atoms with Gasteiger partial charge in [0, 0.05) is 4.47 Å². The smallest absolute Gasteiger partial charge is 0.127 e. The highest BCUT2D eigenvalue weighted by Crippen LogP contribution is 2.24. The van der Waals surface area contributed by atoms with Crippen LogP contribution in [0.5, 0.6) is 5.75 Å². The van der Waals surface area contributed by atoms with Crippen molar-refractivity contribution in [3.05, 3.63) is 63.9 Å². The Labute approximate surface area is 126 Å². The van der Waals surface area contributed by atoms with Crippen LogP contribution in [0.1, 0.15) is 17.2 Å². The molecule has 3 nitrogen and oxygen atoms in total. The van der Waals surface area contributed by atoms with Gasteiger partial charge in [-0.05, 0) is 41.8 Å². The van der Waals surface area contributed by atoms with Crippen LogP contribution in [0, 0.1) is 5.82 Å². The van der Waals surface area contributed by atoms with Gasteiger partial charge in [-0.25, -0.2) is 4.39 Å². The van der Waals surface area contributed by atoms with E-state index in [0.29, 0.717) is 12.0 Å². The average Bonchev–Trinajstić information content (AvgIpc) is 2.46. The van der Waals surface area contributed by atoms with Gasteiger partial charge in [0.25, 0.3) is 0 Å². The van der Waals surface area contributed by atoms with Gasteiger partial charge in [0.15, 0.2) is 0 Å². The van der Waals surface area contributed by atoms with Crippen LogP contribution < -0.4 is 16.0 Å². The van der Waals surface area contributed by atoms with Gasteiger partial charge in [-0.1, -0.05) is 34.1 Å². The standard InChI is InChI=1S/C15H16BrFN2O/c1-20-13-4-2-3-11(7-13)15(19-18)8-10-5-6-12(16)9-14(10)17/h2-7,9,15,19H,8,18H2,1H3. The van der Waals surface area contributed by atoms with E-state index in [1.807, 2.05) is 30.3 Å². The Kier molecular flexibility index (Phi) is 5.11. The summed E-state index contributed by atoms with van der Waals surface area (Å²) in [5.41, 5.74) is 4.29. The second-order valence-electron chi connectivity index (χ2n) is 4.44. The summed E-state index contributed by atoms with van der Waals surface area (Å²) in [6.07, 6.45) is 0.461. The van der Waals surface area contributed by atoms with Crippen LogP contribution in [0.2, 0.25) is 0 Å². The summed E-state index contributed by atoms with van der Waals surface area (Å²) >= 11 is 3.25. The molecule has 0 fully saturated rings. The minimum absolute atomic E-state index is 0.180. The van der Waals surface area contributed by atoms with E-state index in [9.17, 15) is 4.39 Å². The molecule has 2 rings (SSSR count). The number of nitrogens with two attached hydrogens (primary N) is 1. The third kappa shape index (κ3) is 3.56. The lowest BCUT2D eigenvalue weighted by Crippen LogP contribution is -2.29. The topological polar surface area (TPSA) is 47.3 Å². The highest BCUT2D eigenvalue weighted by atomic mass is 79.9. The van der Waals surface area contributed by atoms with Crippen molar-refractivity contribution in [2.24, 2.45) is 5.84 Å². The molecule has 0 aliphatic rings. The van der Waals surface area contributed by atoms with Gasteiger partial charge >= 0.3 is 0 Å². The van der Waals surface area contributed by atoms with Gasteiger partial charge < -0.3 is 4.74 Å². The molecule has 106 valence electrons. The summed E-state index contributed by atoms with van der Waals surface area (Å²) in [4.78, 5) is 0. The van der Waals surface area contributed by atoms with E-state index in [0.717, 1.165) is 15.8 Å². The lowest BCUT2D eigenvalue weighted by Gasteiger charge is -2.17. The van der Waals surface area contributed by atoms with Crippen LogP contribution >= 0.6 is 15.9 Å². The molecular weight excluding hydrogens is 323 g/mol. The molecule has 0 aliphatic heterocycles. The molecule has 2 aromatic rings. The van der Waals surface area contributed by atoms with E-state index >= 15 is 0 Å². The molecule has 0 radical (unpaired) electrons. The van der Waals surface area contributed by atoms with E-state index in [1.165, 1.54) is 6.07 Å². The maximum Gasteiger partial charge on any atom is 0.127 e. The number of hydrogen-bond acceptors (Lipinski definition) is 3. The Morgan fingerprint density at radius 2 is 2.10 bits per heavy atom.